The summed E-state index contributed by atoms with van der Waals surface area (Å²) in [6.45, 7) is 0.140. The first-order valence-corrected chi connectivity index (χ1v) is 7.91. The molecule has 5 nitrogen and oxygen atoms in total. The van der Waals surface area contributed by atoms with Gasteiger partial charge < -0.3 is 5.32 Å². The molecule has 6 heteroatoms. The smallest absolute Gasteiger partial charge is 0.261 e. The third-order valence-electron chi connectivity index (χ3n) is 2.80. The molecule has 0 saturated heterocycles. The first kappa shape index (κ1) is 15.6. The number of hydrogen-bond donors (Lipinski definition) is 2. The van der Waals surface area contributed by atoms with Crippen molar-refractivity contribution in [2.75, 3.05) is 11.3 Å². The van der Waals surface area contributed by atoms with Crippen LogP contribution >= 0.6 is 0 Å². The summed E-state index contributed by atoms with van der Waals surface area (Å²) >= 11 is 0. The van der Waals surface area contributed by atoms with Gasteiger partial charge in [-0.2, -0.15) is 0 Å². The summed E-state index contributed by atoms with van der Waals surface area (Å²) in [5, 5.41) is 2.53. The maximum absolute atomic E-state index is 12.1. The Morgan fingerprint density at radius 2 is 1.68 bits per heavy atom. The summed E-state index contributed by atoms with van der Waals surface area (Å²) in [6.07, 6.45) is 5.06. The van der Waals surface area contributed by atoms with Crippen LogP contribution in [0.4, 0.5) is 5.69 Å². The van der Waals surface area contributed by atoms with Crippen LogP contribution < -0.4 is 10.0 Å². The number of amides is 1. The fourth-order valence-electron chi connectivity index (χ4n) is 1.74. The van der Waals surface area contributed by atoms with E-state index in [1.807, 2.05) is 0 Å². The van der Waals surface area contributed by atoms with Gasteiger partial charge in [0.05, 0.1) is 11.4 Å². The molecule has 0 spiro atoms. The standard InChI is InChI=1S/C16H14N2O3S/c1-2-12-17-16(19)13-8-10-14(11-9-13)18-22(20,21)15-6-4-3-5-7-15/h1,3-11,18H,12H2,(H,17,19). The van der Waals surface area contributed by atoms with Crippen molar-refractivity contribution < 1.29 is 13.2 Å². The molecule has 2 rings (SSSR count). The fraction of sp³-hybridized carbons (Fsp3) is 0.0625. The van der Waals surface area contributed by atoms with Crippen molar-refractivity contribution >= 4 is 21.6 Å². The highest BCUT2D eigenvalue weighted by Gasteiger charge is 2.13. The second kappa shape index (κ2) is 6.78. The van der Waals surface area contributed by atoms with E-state index in [0.717, 1.165) is 0 Å². The summed E-state index contributed by atoms with van der Waals surface area (Å²) in [4.78, 5) is 11.8. The lowest BCUT2D eigenvalue weighted by Gasteiger charge is -2.08. The molecule has 0 heterocycles. The predicted molar refractivity (Wildman–Crippen MR) is 84.9 cm³/mol. The van der Waals surface area contributed by atoms with Gasteiger partial charge in [-0.15, -0.1) is 6.42 Å². The first-order valence-electron chi connectivity index (χ1n) is 6.42. The molecule has 0 fully saturated rings. The van der Waals surface area contributed by atoms with Gasteiger partial charge >= 0.3 is 0 Å². The Kier molecular flexibility index (Phi) is 4.81. The third kappa shape index (κ3) is 3.87. The Morgan fingerprint density at radius 1 is 1.05 bits per heavy atom. The molecule has 1 amide bonds. The number of benzene rings is 2. The summed E-state index contributed by atoms with van der Waals surface area (Å²) in [5.41, 5.74) is 0.773. The average Bonchev–Trinajstić information content (AvgIpc) is 2.54. The van der Waals surface area contributed by atoms with Crippen LogP contribution in [0, 0.1) is 12.3 Å². The zero-order valence-electron chi connectivity index (χ0n) is 11.6. The molecule has 0 atom stereocenters. The molecule has 112 valence electrons. The summed E-state index contributed by atoms with van der Waals surface area (Å²) in [6, 6.07) is 14.1. The van der Waals surface area contributed by atoms with E-state index < -0.39 is 10.0 Å². The molecule has 2 aromatic carbocycles. The number of terminal acetylenes is 1. The second-order valence-corrected chi connectivity index (χ2v) is 6.07. The fourth-order valence-corrected chi connectivity index (χ4v) is 2.82. The summed E-state index contributed by atoms with van der Waals surface area (Å²) in [5.74, 6) is 2.00. The Bertz CT molecular complexity index is 792. The van der Waals surface area contributed by atoms with Gasteiger partial charge in [-0.25, -0.2) is 8.42 Å². The molecule has 0 aliphatic carbocycles. The minimum atomic E-state index is -3.64. The van der Waals surface area contributed by atoms with Crippen LogP contribution in [0.25, 0.3) is 0 Å². The molecule has 0 aliphatic heterocycles. The van der Waals surface area contributed by atoms with Crippen LogP contribution in [-0.2, 0) is 10.0 Å². The van der Waals surface area contributed by atoms with Crippen molar-refractivity contribution in [2.45, 2.75) is 4.90 Å². The minimum Gasteiger partial charge on any atom is -0.341 e. The molecule has 0 bridgehead atoms. The molecule has 0 radical (unpaired) electrons. The maximum Gasteiger partial charge on any atom is 0.261 e. The Morgan fingerprint density at radius 3 is 2.27 bits per heavy atom. The normalized spacial score (nSPS) is 10.5. The molecule has 2 aromatic rings. The largest absolute Gasteiger partial charge is 0.341 e. The van der Waals surface area contributed by atoms with Gasteiger partial charge in [0, 0.05) is 11.3 Å². The van der Waals surface area contributed by atoms with E-state index in [1.54, 1.807) is 18.2 Å². The van der Waals surface area contributed by atoms with Crippen LogP contribution in [0.2, 0.25) is 0 Å². The predicted octanol–water partition coefficient (Wildman–Crippen LogP) is 1.85. The second-order valence-electron chi connectivity index (χ2n) is 4.38. The molecule has 0 aliphatic rings. The number of hydrogen-bond acceptors (Lipinski definition) is 3. The van der Waals surface area contributed by atoms with Crippen molar-refractivity contribution in [3.8, 4) is 12.3 Å². The molecule has 22 heavy (non-hydrogen) atoms. The Hall–Kier alpha value is -2.78. The lowest BCUT2D eigenvalue weighted by molar-refractivity contribution is 0.0958. The third-order valence-corrected chi connectivity index (χ3v) is 4.20. The molecular weight excluding hydrogens is 300 g/mol. The van der Waals surface area contributed by atoms with Crippen molar-refractivity contribution in [1.29, 1.82) is 0 Å². The topological polar surface area (TPSA) is 75.3 Å². The number of nitrogens with one attached hydrogen (secondary N) is 2. The van der Waals surface area contributed by atoms with Gasteiger partial charge in [0.2, 0.25) is 0 Å². The summed E-state index contributed by atoms with van der Waals surface area (Å²) < 4.78 is 26.8. The zero-order chi connectivity index (χ0) is 16.0. The van der Waals surface area contributed by atoms with Crippen LogP contribution in [0.3, 0.4) is 0 Å². The number of anilines is 1. The number of rotatable bonds is 5. The van der Waals surface area contributed by atoms with Crippen LogP contribution in [0.15, 0.2) is 59.5 Å². The van der Waals surface area contributed by atoms with Gasteiger partial charge in [-0.3, -0.25) is 9.52 Å². The molecular formula is C16H14N2O3S. The molecule has 0 unspecified atom stereocenters. The first-order chi connectivity index (χ1) is 10.5. The van der Waals surface area contributed by atoms with Gasteiger partial charge in [0.1, 0.15) is 0 Å². The zero-order valence-corrected chi connectivity index (χ0v) is 12.4. The van der Waals surface area contributed by atoms with Crippen molar-refractivity contribution in [3.05, 3.63) is 60.2 Å². The van der Waals surface area contributed by atoms with Gasteiger partial charge in [-0.05, 0) is 36.4 Å². The highest BCUT2D eigenvalue weighted by Crippen LogP contribution is 2.16. The van der Waals surface area contributed by atoms with Crippen molar-refractivity contribution in [3.63, 3.8) is 0 Å². The molecule has 2 N–H and O–H groups in total. The van der Waals surface area contributed by atoms with Crippen LogP contribution in [-0.4, -0.2) is 20.9 Å². The number of sulfonamides is 1. The van der Waals surface area contributed by atoms with Gasteiger partial charge in [0.15, 0.2) is 0 Å². The SMILES string of the molecule is C#CCNC(=O)c1ccc(NS(=O)(=O)c2ccccc2)cc1. The van der Waals surface area contributed by atoms with E-state index in [0.29, 0.717) is 11.3 Å². The Balaban J connectivity index is 2.12. The van der Waals surface area contributed by atoms with E-state index in [1.165, 1.54) is 36.4 Å². The quantitative estimate of drug-likeness (QED) is 0.827. The summed E-state index contributed by atoms with van der Waals surface area (Å²) in [7, 11) is -3.64. The van der Waals surface area contributed by atoms with Crippen LogP contribution in [0.5, 0.6) is 0 Å². The number of carbonyl (C=O) groups excluding carboxylic acids is 1. The van der Waals surface area contributed by atoms with Crippen molar-refractivity contribution in [2.24, 2.45) is 0 Å². The minimum absolute atomic E-state index is 0.140. The van der Waals surface area contributed by atoms with E-state index in [9.17, 15) is 13.2 Å². The lowest BCUT2D eigenvalue weighted by atomic mass is 10.2. The maximum atomic E-state index is 12.1. The highest BCUT2D eigenvalue weighted by atomic mass is 32.2. The average molecular weight is 314 g/mol. The van der Waals surface area contributed by atoms with E-state index in [2.05, 4.69) is 16.0 Å². The lowest BCUT2D eigenvalue weighted by Crippen LogP contribution is -2.23. The highest BCUT2D eigenvalue weighted by molar-refractivity contribution is 7.92. The monoisotopic (exact) mass is 314 g/mol. The molecule has 0 saturated carbocycles. The Labute approximate surface area is 129 Å². The van der Waals surface area contributed by atoms with E-state index >= 15 is 0 Å². The van der Waals surface area contributed by atoms with Crippen LogP contribution in [0.1, 0.15) is 10.4 Å². The number of carbonyl (C=O) groups is 1. The van der Waals surface area contributed by atoms with Gasteiger partial charge in [0.25, 0.3) is 15.9 Å². The van der Waals surface area contributed by atoms with E-state index in [-0.39, 0.29) is 17.3 Å². The van der Waals surface area contributed by atoms with E-state index in [4.69, 9.17) is 6.42 Å². The molecule has 0 aromatic heterocycles. The van der Waals surface area contributed by atoms with Gasteiger partial charge in [-0.1, -0.05) is 24.1 Å². The van der Waals surface area contributed by atoms with Crippen molar-refractivity contribution in [1.82, 2.24) is 5.32 Å².